The lowest BCUT2D eigenvalue weighted by Gasteiger charge is -2.24. The summed E-state index contributed by atoms with van der Waals surface area (Å²) in [5, 5.41) is 8.53. The fraction of sp³-hybridized carbons (Fsp3) is 0.500. The monoisotopic (exact) mass is 258 g/mol. The number of anilines is 1. The minimum atomic E-state index is -0.0202. The van der Waals surface area contributed by atoms with E-state index in [-0.39, 0.29) is 24.2 Å². The number of nitriles is 1. The SMILES string of the molecule is Cc1cc(C(C)(C)C)ccc1N(C)C(=O)CCC#N. The molecule has 102 valence electrons. The minimum absolute atomic E-state index is 0.0202. The molecule has 0 aliphatic heterocycles. The van der Waals surface area contributed by atoms with E-state index in [1.807, 2.05) is 19.1 Å². The lowest BCUT2D eigenvalue weighted by Crippen LogP contribution is -2.26. The molecule has 0 fully saturated rings. The third-order valence-electron chi connectivity index (χ3n) is 3.25. The van der Waals surface area contributed by atoms with Crippen molar-refractivity contribution in [3.63, 3.8) is 0 Å². The van der Waals surface area contributed by atoms with E-state index in [2.05, 4.69) is 32.9 Å². The van der Waals surface area contributed by atoms with Gasteiger partial charge in [0.1, 0.15) is 0 Å². The van der Waals surface area contributed by atoms with Crippen molar-refractivity contribution in [3.8, 4) is 6.07 Å². The number of rotatable bonds is 3. The van der Waals surface area contributed by atoms with Gasteiger partial charge in [-0.25, -0.2) is 0 Å². The molecule has 1 rings (SSSR count). The number of benzene rings is 1. The molecule has 0 saturated carbocycles. The largest absolute Gasteiger partial charge is 0.315 e. The molecule has 0 spiro atoms. The summed E-state index contributed by atoms with van der Waals surface area (Å²) in [5.41, 5.74) is 3.36. The van der Waals surface area contributed by atoms with Crippen molar-refractivity contribution in [1.29, 1.82) is 5.26 Å². The predicted molar refractivity (Wildman–Crippen MR) is 78.1 cm³/mol. The Morgan fingerprint density at radius 2 is 2.00 bits per heavy atom. The number of amides is 1. The molecule has 0 bridgehead atoms. The molecule has 0 radical (unpaired) electrons. The molecule has 0 saturated heterocycles. The molecule has 3 heteroatoms. The van der Waals surface area contributed by atoms with Crippen LogP contribution >= 0.6 is 0 Å². The molecule has 19 heavy (non-hydrogen) atoms. The Morgan fingerprint density at radius 1 is 1.37 bits per heavy atom. The quantitative estimate of drug-likeness (QED) is 0.832. The Hall–Kier alpha value is -1.82. The molecule has 0 aliphatic rings. The van der Waals surface area contributed by atoms with Crippen LogP contribution in [0.1, 0.15) is 44.7 Å². The highest BCUT2D eigenvalue weighted by Gasteiger charge is 2.17. The first-order chi connectivity index (χ1) is 8.77. The zero-order chi connectivity index (χ0) is 14.6. The van der Waals surface area contributed by atoms with Crippen LogP contribution in [0.15, 0.2) is 18.2 Å². The Bertz CT molecular complexity index is 506. The standard InChI is InChI=1S/C16H22N2O/c1-12-11-13(16(2,3)4)8-9-14(12)18(5)15(19)7-6-10-17/h8-9,11H,6-7H2,1-5H3. The molecule has 0 N–H and O–H groups in total. The summed E-state index contributed by atoms with van der Waals surface area (Å²) in [6.45, 7) is 8.52. The highest BCUT2D eigenvalue weighted by Crippen LogP contribution is 2.28. The van der Waals surface area contributed by atoms with Gasteiger partial charge in [-0.1, -0.05) is 32.9 Å². The fourth-order valence-electron chi connectivity index (χ4n) is 1.96. The zero-order valence-electron chi connectivity index (χ0n) is 12.4. The van der Waals surface area contributed by atoms with E-state index in [0.717, 1.165) is 11.3 Å². The van der Waals surface area contributed by atoms with Crippen LogP contribution in [-0.2, 0) is 10.2 Å². The normalized spacial score (nSPS) is 10.9. The van der Waals surface area contributed by atoms with Crippen molar-refractivity contribution in [1.82, 2.24) is 0 Å². The summed E-state index contributed by atoms with van der Waals surface area (Å²) in [5.74, 6) is -0.0202. The molecule has 3 nitrogen and oxygen atoms in total. The molecule has 0 aromatic heterocycles. The van der Waals surface area contributed by atoms with Crippen molar-refractivity contribution in [2.45, 2.75) is 46.0 Å². The summed E-state index contributed by atoms with van der Waals surface area (Å²) < 4.78 is 0. The minimum Gasteiger partial charge on any atom is -0.315 e. The molecule has 1 aromatic carbocycles. The molecule has 0 unspecified atom stereocenters. The summed E-state index contributed by atoms with van der Waals surface area (Å²) in [6.07, 6.45) is 0.537. The molecular formula is C16H22N2O. The molecule has 0 atom stereocenters. The molecule has 1 aromatic rings. The van der Waals surface area contributed by atoms with E-state index in [9.17, 15) is 4.79 Å². The van der Waals surface area contributed by atoms with E-state index in [4.69, 9.17) is 5.26 Å². The van der Waals surface area contributed by atoms with Gasteiger partial charge in [0.25, 0.3) is 0 Å². The van der Waals surface area contributed by atoms with Crippen molar-refractivity contribution >= 4 is 11.6 Å². The Labute approximate surface area is 115 Å². The predicted octanol–water partition coefficient (Wildman–Crippen LogP) is 3.56. The Balaban J connectivity index is 2.97. The maximum Gasteiger partial charge on any atom is 0.227 e. The number of aryl methyl sites for hydroxylation is 1. The highest BCUT2D eigenvalue weighted by atomic mass is 16.2. The van der Waals surface area contributed by atoms with Gasteiger partial charge >= 0.3 is 0 Å². The maximum absolute atomic E-state index is 11.9. The summed E-state index contributed by atoms with van der Waals surface area (Å²) >= 11 is 0. The van der Waals surface area contributed by atoms with E-state index in [0.29, 0.717) is 0 Å². The van der Waals surface area contributed by atoms with E-state index < -0.39 is 0 Å². The maximum atomic E-state index is 11.9. The Morgan fingerprint density at radius 3 is 2.47 bits per heavy atom. The zero-order valence-corrected chi connectivity index (χ0v) is 12.4. The second-order valence-corrected chi connectivity index (χ2v) is 5.86. The third-order valence-corrected chi connectivity index (χ3v) is 3.25. The number of nitrogens with zero attached hydrogens (tertiary/aromatic N) is 2. The summed E-state index contributed by atoms with van der Waals surface area (Å²) in [4.78, 5) is 13.5. The average Bonchev–Trinajstić information content (AvgIpc) is 2.33. The van der Waals surface area contributed by atoms with Crippen LogP contribution in [0.2, 0.25) is 0 Å². The number of hydrogen-bond donors (Lipinski definition) is 0. The van der Waals surface area contributed by atoms with Gasteiger partial charge in [0, 0.05) is 25.6 Å². The van der Waals surface area contributed by atoms with Crippen LogP contribution in [-0.4, -0.2) is 13.0 Å². The summed E-state index contributed by atoms with van der Waals surface area (Å²) in [7, 11) is 1.76. The molecule has 1 amide bonds. The van der Waals surface area contributed by atoms with Crippen LogP contribution in [0.3, 0.4) is 0 Å². The lowest BCUT2D eigenvalue weighted by atomic mass is 9.86. The first-order valence-electron chi connectivity index (χ1n) is 6.52. The van der Waals surface area contributed by atoms with Crippen LogP contribution in [0.4, 0.5) is 5.69 Å². The molecular weight excluding hydrogens is 236 g/mol. The van der Waals surface area contributed by atoms with Crippen molar-refractivity contribution in [3.05, 3.63) is 29.3 Å². The van der Waals surface area contributed by atoms with E-state index >= 15 is 0 Å². The van der Waals surface area contributed by atoms with E-state index in [1.54, 1.807) is 11.9 Å². The average molecular weight is 258 g/mol. The first-order valence-corrected chi connectivity index (χ1v) is 6.52. The topological polar surface area (TPSA) is 44.1 Å². The van der Waals surface area contributed by atoms with Gasteiger partial charge < -0.3 is 4.90 Å². The van der Waals surface area contributed by atoms with Gasteiger partial charge in [-0.2, -0.15) is 5.26 Å². The van der Waals surface area contributed by atoms with Gasteiger partial charge in [-0.15, -0.1) is 0 Å². The number of carbonyl (C=O) groups is 1. The van der Waals surface area contributed by atoms with Crippen molar-refractivity contribution < 1.29 is 4.79 Å². The van der Waals surface area contributed by atoms with Gasteiger partial charge in [0.2, 0.25) is 5.91 Å². The molecule has 0 heterocycles. The highest BCUT2D eigenvalue weighted by molar-refractivity contribution is 5.93. The second-order valence-electron chi connectivity index (χ2n) is 5.86. The van der Waals surface area contributed by atoms with Crippen LogP contribution < -0.4 is 4.90 Å². The summed E-state index contributed by atoms with van der Waals surface area (Å²) in [6, 6.07) is 8.18. The lowest BCUT2D eigenvalue weighted by molar-refractivity contribution is -0.118. The van der Waals surface area contributed by atoms with Crippen molar-refractivity contribution in [2.75, 3.05) is 11.9 Å². The first kappa shape index (κ1) is 15.2. The smallest absolute Gasteiger partial charge is 0.227 e. The third kappa shape index (κ3) is 3.82. The van der Waals surface area contributed by atoms with Gasteiger partial charge in [0.05, 0.1) is 6.07 Å². The fourth-order valence-corrected chi connectivity index (χ4v) is 1.96. The van der Waals surface area contributed by atoms with Crippen LogP contribution in [0, 0.1) is 18.3 Å². The molecule has 0 aliphatic carbocycles. The van der Waals surface area contributed by atoms with Gasteiger partial charge in [0.15, 0.2) is 0 Å². The van der Waals surface area contributed by atoms with Gasteiger partial charge in [-0.05, 0) is 29.5 Å². The van der Waals surface area contributed by atoms with E-state index in [1.165, 1.54) is 5.56 Å². The second kappa shape index (κ2) is 5.88. The van der Waals surface area contributed by atoms with Gasteiger partial charge in [-0.3, -0.25) is 4.79 Å². The van der Waals surface area contributed by atoms with Crippen molar-refractivity contribution in [2.24, 2.45) is 0 Å². The number of carbonyl (C=O) groups excluding carboxylic acids is 1. The van der Waals surface area contributed by atoms with Crippen LogP contribution in [0.25, 0.3) is 0 Å². The number of hydrogen-bond acceptors (Lipinski definition) is 2. The Kier molecular flexibility index (Phi) is 4.72. The van der Waals surface area contributed by atoms with Crippen LogP contribution in [0.5, 0.6) is 0 Å².